The van der Waals surface area contributed by atoms with Gasteiger partial charge in [0.05, 0.1) is 12.0 Å². The van der Waals surface area contributed by atoms with Crippen LogP contribution in [0.25, 0.3) is 0 Å². The zero-order chi connectivity index (χ0) is 22.3. The zero-order valence-corrected chi connectivity index (χ0v) is 17.0. The predicted molar refractivity (Wildman–Crippen MR) is 118 cm³/mol. The second-order valence-corrected chi connectivity index (χ2v) is 7.17. The first-order valence-corrected chi connectivity index (χ1v) is 10.1. The van der Waals surface area contributed by atoms with Crippen molar-refractivity contribution >= 4 is 0 Å². The van der Waals surface area contributed by atoms with E-state index in [2.05, 4.69) is 6.07 Å². The average molecular weight is 427 g/mol. The Balaban J connectivity index is 1.55. The summed E-state index contributed by atoms with van der Waals surface area (Å²) in [6, 6.07) is 28.9. The van der Waals surface area contributed by atoms with E-state index in [-0.39, 0.29) is 11.5 Å². The number of rotatable bonds is 7. The van der Waals surface area contributed by atoms with Gasteiger partial charge in [0.1, 0.15) is 11.5 Å². The minimum atomic E-state index is -0.580. The summed E-state index contributed by atoms with van der Waals surface area (Å²) < 4.78 is 39.8. The fraction of sp³-hybridized carbons (Fsp3) is 0.0741. The van der Waals surface area contributed by atoms with Gasteiger partial charge in [-0.05, 0) is 66.1 Å². The Morgan fingerprint density at radius 3 is 1.78 bits per heavy atom. The van der Waals surface area contributed by atoms with E-state index in [4.69, 9.17) is 9.47 Å². The van der Waals surface area contributed by atoms with E-state index in [9.17, 15) is 14.0 Å². The van der Waals surface area contributed by atoms with Crippen LogP contribution in [-0.4, -0.2) is 0 Å². The van der Waals surface area contributed by atoms with Crippen LogP contribution in [-0.2, 0) is 6.42 Å². The molecule has 1 unspecified atom stereocenters. The summed E-state index contributed by atoms with van der Waals surface area (Å²) >= 11 is 0. The largest absolute Gasteiger partial charge is 0.454 e. The van der Waals surface area contributed by atoms with Gasteiger partial charge in [0.2, 0.25) is 0 Å². The van der Waals surface area contributed by atoms with E-state index in [0.717, 1.165) is 5.56 Å². The summed E-state index contributed by atoms with van der Waals surface area (Å²) in [6.07, 6.45) is 0.304. The molecular formula is C27H19F2NO2. The van der Waals surface area contributed by atoms with Crippen molar-refractivity contribution in [3.05, 3.63) is 120 Å². The highest BCUT2D eigenvalue weighted by Gasteiger charge is 2.17. The monoisotopic (exact) mass is 427 g/mol. The SMILES string of the molecule is N#CC(Cc1ccc(F)c(Oc2ccccc2)c1)c1ccc(F)c(Oc2ccccc2)c1. The number of nitriles is 1. The molecule has 4 aromatic carbocycles. The Morgan fingerprint density at radius 1 is 0.688 bits per heavy atom. The Hall–Kier alpha value is -4.17. The van der Waals surface area contributed by atoms with Crippen molar-refractivity contribution in [3.63, 3.8) is 0 Å². The van der Waals surface area contributed by atoms with E-state index in [1.165, 1.54) is 18.2 Å². The van der Waals surface area contributed by atoms with Crippen LogP contribution < -0.4 is 9.47 Å². The summed E-state index contributed by atoms with van der Waals surface area (Å²) in [5.74, 6) is -0.455. The number of hydrogen-bond donors (Lipinski definition) is 0. The molecule has 0 N–H and O–H groups in total. The Kier molecular flexibility index (Phi) is 6.43. The molecule has 0 radical (unpaired) electrons. The third-order valence-electron chi connectivity index (χ3n) is 4.89. The summed E-state index contributed by atoms with van der Waals surface area (Å²) in [7, 11) is 0. The molecule has 1 atom stereocenters. The average Bonchev–Trinajstić information content (AvgIpc) is 2.82. The second kappa shape index (κ2) is 9.76. The normalized spacial score (nSPS) is 11.4. The van der Waals surface area contributed by atoms with Crippen LogP contribution in [0.15, 0.2) is 97.1 Å². The smallest absolute Gasteiger partial charge is 0.165 e. The van der Waals surface area contributed by atoms with Gasteiger partial charge in [-0.15, -0.1) is 0 Å². The third kappa shape index (κ3) is 5.11. The summed E-state index contributed by atoms with van der Waals surface area (Å²) in [5.41, 5.74) is 1.33. The Bertz CT molecular complexity index is 1240. The molecule has 4 aromatic rings. The molecule has 4 rings (SSSR count). The molecule has 0 amide bonds. The molecule has 5 heteroatoms. The highest BCUT2D eigenvalue weighted by Crippen LogP contribution is 2.31. The van der Waals surface area contributed by atoms with E-state index < -0.39 is 17.6 Å². The molecule has 0 heterocycles. The van der Waals surface area contributed by atoms with Gasteiger partial charge in [0.25, 0.3) is 0 Å². The predicted octanol–water partition coefficient (Wildman–Crippen LogP) is 7.40. The number of halogens is 2. The fourth-order valence-electron chi connectivity index (χ4n) is 3.27. The molecule has 0 bridgehead atoms. The Morgan fingerprint density at radius 2 is 1.22 bits per heavy atom. The standard InChI is InChI=1S/C27H19F2NO2/c28-24-13-11-19(16-26(24)31-22-7-3-1-4-8-22)15-21(18-30)20-12-14-25(29)27(17-20)32-23-9-5-2-6-10-23/h1-14,16-17,21H,15H2. The highest BCUT2D eigenvalue weighted by atomic mass is 19.1. The van der Waals surface area contributed by atoms with Gasteiger partial charge >= 0.3 is 0 Å². The highest BCUT2D eigenvalue weighted by molar-refractivity contribution is 5.40. The molecule has 0 saturated heterocycles. The van der Waals surface area contributed by atoms with Crippen LogP contribution in [0.4, 0.5) is 8.78 Å². The molecule has 0 aliphatic heterocycles. The van der Waals surface area contributed by atoms with Gasteiger partial charge in [-0.3, -0.25) is 0 Å². The second-order valence-electron chi connectivity index (χ2n) is 7.17. The molecule has 3 nitrogen and oxygen atoms in total. The summed E-state index contributed by atoms with van der Waals surface area (Å²) in [5, 5.41) is 9.76. The molecule has 0 spiro atoms. The molecule has 0 aliphatic carbocycles. The first-order chi connectivity index (χ1) is 15.6. The van der Waals surface area contributed by atoms with Crippen LogP contribution in [0.3, 0.4) is 0 Å². The lowest BCUT2D eigenvalue weighted by atomic mass is 9.93. The van der Waals surface area contributed by atoms with E-state index >= 15 is 0 Å². The molecule has 158 valence electrons. The van der Waals surface area contributed by atoms with Gasteiger partial charge in [-0.2, -0.15) is 5.26 Å². The molecule has 0 aliphatic rings. The maximum atomic E-state index is 14.3. The maximum Gasteiger partial charge on any atom is 0.165 e. The molecule has 32 heavy (non-hydrogen) atoms. The van der Waals surface area contributed by atoms with E-state index in [1.807, 2.05) is 12.1 Å². The minimum Gasteiger partial charge on any atom is -0.454 e. The fourth-order valence-corrected chi connectivity index (χ4v) is 3.27. The summed E-state index contributed by atoms with van der Waals surface area (Å²) in [4.78, 5) is 0. The lowest BCUT2D eigenvalue weighted by Crippen LogP contribution is -2.02. The number of para-hydroxylation sites is 2. The van der Waals surface area contributed by atoms with Crippen LogP contribution in [0.2, 0.25) is 0 Å². The maximum absolute atomic E-state index is 14.3. The van der Waals surface area contributed by atoms with Crippen LogP contribution in [0.5, 0.6) is 23.0 Å². The van der Waals surface area contributed by atoms with Gasteiger partial charge in [0.15, 0.2) is 23.1 Å². The molecule has 0 aromatic heterocycles. The van der Waals surface area contributed by atoms with Gasteiger partial charge < -0.3 is 9.47 Å². The number of hydrogen-bond acceptors (Lipinski definition) is 3. The topological polar surface area (TPSA) is 42.2 Å². The molecule has 0 fully saturated rings. The summed E-state index contributed by atoms with van der Waals surface area (Å²) in [6.45, 7) is 0. The first-order valence-electron chi connectivity index (χ1n) is 10.1. The Labute approximate surface area is 185 Å². The van der Waals surface area contributed by atoms with Crippen molar-refractivity contribution in [2.75, 3.05) is 0 Å². The van der Waals surface area contributed by atoms with Crippen molar-refractivity contribution in [3.8, 4) is 29.1 Å². The van der Waals surface area contributed by atoms with E-state index in [0.29, 0.717) is 23.5 Å². The number of benzene rings is 4. The van der Waals surface area contributed by atoms with Gasteiger partial charge in [-0.25, -0.2) is 8.78 Å². The first kappa shape index (κ1) is 21.1. The van der Waals surface area contributed by atoms with Crippen molar-refractivity contribution in [1.82, 2.24) is 0 Å². The molecule has 0 saturated carbocycles. The zero-order valence-electron chi connectivity index (χ0n) is 17.0. The van der Waals surface area contributed by atoms with Crippen LogP contribution in [0.1, 0.15) is 17.0 Å². The number of ether oxygens (including phenoxy) is 2. The van der Waals surface area contributed by atoms with Gasteiger partial charge in [-0.1, -0.05) is 48.5 Å². The van der Waals surface area contributed by atoms with Crippen LogP contribution in [0, 0.1) is 23.0 Å². The van der Waals surface area contributed by atoms with Crippen molar-refractivity contribution < 1.29 is 18.3 Å². The number of nitrogens with zero attached hydrogens (tertiary/aromatic N) is 1. The quantitative estimate of drug-likeness (QED) is 0.309. The third-order valence-corrected chi connectivity index (χ3v) is 4.89. The molecular weight excluding hydrogens is 408 g/mol. The lowest BCUT2D eigenvalue weighted by Gasteiger charge is -2.14. The van der Waals surface area contributed by atoms with Crippen molar-refractivity contribution in [2.24, 2.45) is 0 Å². The van der Waals surface area contributed by atoms with Crippen molar-refractivity contribution in [1.29, 1.82) is 5.26 Å². The van der Waals surface area contributed by atoms with Crippen molar-refractivity contribution in [2.45, 2.75) is 12.3 Å². The van der Waals surface area contributed by atoms with Crippen LogP contribution >= 0.6 is 0 Å². The minimum absolute atomic E-state index is 0.0427. The van der Waals surface area contributed by atoms with Gasteiger partial charge in [0, 0.05) is 0 Å². The van der Waals surface area contributed by atoms with E-state index in [1.54, 1.807) is 66.7 Å². The lowest BCUT2D eigenvalue weighted by molar-refractivity contribution is 0.440.